The monoisotopic (exact) mass is 484 g/mol. The molecule has 0 amide bonds. The summed E-state index contributed by atoms with van der Waals surface area (Å²) in [7, 11) is -3.03. The van der Waals surface area contributed by atoms with E-state index in [4.69, 9.17) is 0 Å². The van der Waals surface area contributed by atoms with E-state index in [1.165, 1.54) is 12.1 Å². The van der Waals surface area contributed by atoms with Gasteiger partial charge in [0.05, 0.1) is 18.2 Å². The molecule has 0 N–H and O–H groups in total. The van der Waals surface area contributed by atoms with Crippen LogP contribution in [0.5, 0.6) is 0 Å². The van der Waals surface area contributed by atoms with Gasteiger partial charge in [0.1, 0.15) is 5.82 Å². The molecule has 7 nitrogen and oxygen atoms in total. The van der Waals surface area contributed by atoms with Crippen LogP contribution in [0, 0.1) is 5.82 Å². The van der Waals surface area contributed by atoms with Gasteiger partial charge in [-0.3, -0.25) is 4.90 Å². The van der Waals surface area contributed by atoms with Gasteiger partial charge >= 0.3 is 12.1 Å². The molecule has 0 unspecified atom stereocenters. The van der Waals surface area contributed by atoms with E-state index >= 15 is 0 Å². The number of nitrogens with zero attached hydrogens (tertiary/aromatic N) is 4. The molecule has 1 aliphatic rings. The smallest absolute Gasteiger partial charge is 0.413 e. The average Bonchev–Trinajstić information content (AvgIpc) is 3.27. The fourth-order valence-corrected chi connectivity index (χ4v) is 4.74. The second-order valence-electron chi connectivity index (χ2n) is 7.66. The highest BCUT2D eigenvalue weighted by Gasteiger charge is 2.38. The summed E-state index contributed by atoms with van der Waals surface area (Å²) >= 11 is 0. The lowest BCUT2D eigenvalue weighted by molar-refractivity contribution is -0.156. The van der Waals surface area contributed by atoms with E-state index in [9.17, 15) is 26.0 Å². The molecule has 0 bridgehead atoms. The number of hydrogen-bond acceptors (Lipinski definition) is 7. The molecule has 0 atom stereocenters. The average molecular weight is 484 g/mol. The molecule has 0 radical (unpaired) electrons. The van der Waals surface area contributed by atoms with Gasteiger partial charge in [-0.15, -0.1) is 10.2 Å². The molecular weight excluding hydrogens is 464 g/mol. The molecule has 2 heterocycles. The van der Waals surface area contributed by atoms with Crippen LogP contribution in [0.15, 0.2) is 52.9 Å². The van der Waals surface area contributed by atoms with Crippen LogP contribution in [0.1, 0.15) is 11.5 Å². The largest absolute Gasteiger partial charge is 0.470 e. The van der Waals surface area contributed by atoms with Crippen LogP contribution in [0.4, 0.5) is 23.2 Å². The van der Waals surface area contributed by atoms with Gasteiger partial charge in [-0.1, -0.05) is 24.3 Å². The summed E-state index contributed by atoms with van der Waals surface area (Å²) < 4.78 is 81.0. The maximum absolute atomic E-state index is 14.9. The zero-order chi connectivity index (χ0) is 23.6. The number of sulfone groups is 1. The molecule has 1 fully saturated rings. The molecule has 4 rings (SSSR count). The Morgan fingerprint density at radius 2 is 1.73 bits per heavy atom. The number of rotatable bonds is 6. The third-order valence-corrected chi connectivity index (χ3v) is 6.87. The number of alkyl halides is 3. The summed E-state index contributed by atoms with van der Waals surface area (Å²) in [6, 6.07) is 13.2. The van der Waals surface area contributed by atoms with Crippen LogP contribution < -0.4 is 4.90 Å². The molecule has 0 aliphatic carbocycles. The highest BCUT2D eigenvalue weighted by molar-refractivity contribution is 7.91. The molecule has 0 saturated carbocycles. The van der Waals surface area contributed by atoms with Crippen molar-refractivity contribution in [1.29, 1.82) is 0 Å². The summed E-state index contributed by atoms with van der Waals surface area (Å²) in [6.07, 6.45) is -4.78. The highest BCUT2D eigenvalue weighted by Crippen LogP contribution is 2.31. The Kier molecular flexibility index (Phi) is 6.39. The van der Waals surface area contributed by atoms with Gasteiger partial charge in [0.2, 0.25) is 5.89 Å². The minimum absolute atomic E-state index is 0.0340. The first-order valence-corrected chi connectivity index (χ1v) is 11.9. The van der Waals surface area contributed by atoms with Crippen LogP contribution in [0.3, 0.4) is 0 Å². The normalized spacial score (nSPS) is 16.6. The van der Waals surface area contributed by atoms with Crippen LogP contribution in [0.2, 0.25) is 0 Å². The van der Waals surface area contributed by atoms with E-state index in [2.05, 4.69) is 14.6 Å². The van der Waals surface area contributed by atoms with Gasteiger partial charge < -0.3 is 9.32 Å². The van der Waals surface area contributed by atoms with Gasteiger partial charge in [0.15, 0.2) is 9.84 Å². The second-order valence-corrected chi connectivity index (χ2v) is 9.96. The maximum atomic E-state index is 14.9. The summed E-state index contributed by atoms with van der Waals surface area (Å²) in [6.45, 7) is 1.31. The first-order chi connectivity index (χ1) is 15.6. The number of para-hydroxylation sites is 1. The molecule has 12 heteroatoms. The lowest BCUT2D eigenvalue weighted by Gasteiger charge is -2.34. The molecule has 3 aromatic rings. The third kappa shape index (κ3) is 5.69. The van der Waals surface area contributed by atoms with E-state index < -0.39 is 33.6 Å². The molecule has 1 aromatic heterocycles. The predicted molar refractivity (Wildman–Crippen MR) is 112 cm³/mol. The van der Waals surface area contributed by atoms with Crippen molar-refractivity contribution in [2.45, 2.75) is 12.7 Å². The van der Waals surface area contributed by atoms with Crippen LogP contribution >= 0.6 is 0 Å². The van der Waals surface area contributed by atoms with Crippen molar-refractivity contribution in [3.05, 3.63) is 65.8 Å². The minimum Gasteiger partial charge on any atom is -0.413 e. The maximum Gasteiger partial charge on any atom is 0.470 e. The van der Waals surface area contributed by atoms with Crippen molar-refractivity contribution >= 4 is 15.5 Å². The lowest BCUT2D eigenvalue weighted by Crippen LogP contribution is -2.46. The second kappa shape index (κ2) is 9.10. The van der Waals surface area contributed by atoms with Crippen LogP contribution in [-0.4, -0.2) is 54.8 Å². The third-order valence-electron chi connectivity index (χ3n) is 5.26. The first kappa shape index (κ1) is 23.2. The Balaban J connectivity index is 1.54. The topological polar surface area (TPSA) is 79.5 Å². The van der Waals surface area contributed by atoms with Gasteiger partial charge in [-0.25, -0.2) is 12.8 Å². The van der Waals surface area contributed by atoms with Crippen molar-refractivity contribution in [1.82, 2.24) is 15.1 Å². The van der Waals surface area contributed by atoms with Gasteiger partial charge in [0.25, 0.3) is 0 Å². The van der Waals surface area contributed by atoms with Crippen LogP contribution in [0.25, 0.3) is 11.5 Å². The Morgan fingerprint density at radius 1 is 1.03 bits per heavy atom. The zero-order valence-corrected chi connectivity index (χ0v) is 18.1. The van der Waals surface area contributed by atoms with Crippen molar-refractivity contribution < 1.29 is 30.4 Å². The molecule has 2 aromatic carbocycles. The minimum atomic E-state index is -4.78. The Hall–Kier alpha value is -2.99. The van der Waals surface area contributed by atoms with E-state index in [1.807, 2.05) is 40.1 Å². The molecule has 0 spiro atoms. The molecular formula is C21H20F4N4O3S. The van der Waals surface area contributed by atoms with Gasteiger partial charge in [-0.2, -0.15) is 13.2 Å². The zero-order valence-electron chi connectivity index (χ0n) is 17.3. The summed E-state index contributed by atoms with van der Waals surface area (Å²) in [4.78, 5) is 3.89. The quantitative estimate of drug-likeness (QED) is 0.495. The SMILES string of the molecule is O=S1(=O)CCN(CN(Cc2ccc(-c3nnc(C(F)(F)F)o3)cc2F)c2ccccc2)CC1. The predicted octanol–water partition coefficient (Wildman–Crippen LogP) is 3.59. The van der Waals surface area contributed by atoms with Crippen LogP contribution in [-0.2, 0) is 22.6 Å². The van der Waals surface area contributed by atoms with Crippen molar-refractivity contribution in [3.8, 4) is 11.5 Å². The molecule has 1 aliphatic heterocycles. The van der Waals surface area contributed by atoms with E-state index in [1.54, 1.807) is 0 Å². The number of halogens is 4. The molecule has 176 valence electrons. The van der Waals surface area contributed by atoms with Crippen molar-refractivity contribution in [3.63, 3.8) is 0 Å². The lowest BCUT2D eigenvalue weighted by atomic mass is 10.1. The van der Waals surface area contributed by atoms with Gasteiger partial charge in [0, 0.05) is 36.4 Å². The Labute approximate surface area is 187 Å². The first-order valence-electron chi connectivity index (χ1n) is 10.0. The van der Waals surface area contributed by atoms with Crippen molar-refractivity contribution in [2.24, 2.45) is 0 Å². The van der Waals surface area contributed by atoms with Crippen molar-refractivity contribution in [2.75, 3.05) is 36.2 Å². The highest BCUT2D eigenvalue weighted by atomic mass is 32.2. The number of aromatic nitrogens is 2. The molecule has 1 saturated heterocycles. The number of hydrogen-bond donors (Lipinski definition) is 0. The molecule has 33 heavy (non-hydrogen) atoms. The standard InChI is InChI=1S/C21H20F4N4O3S/c22-18-12-15(19-26-27-20(32-19)21(23,24)25)6-7-16(18)13-29(17-4-2-1-3-5-17)14-28-8-10-33(30,31)11-9-28/h1-7,12H,8-11,13-14H2. The van der Waals surface area contributed by atoms with E-state index in [-0.39, 0.29) is 23.6 Å². The Bertz CT molecular complexity index is 1200. The van der Waals surface area contributed by atoms with E-state index in [0.29, 0.717) is 25.3 Å². The fraction of sp³-hybridized carbons (Fsp3) is 0.333. The van der Waals surface area contributed by atoms with Gasteiger partial charge in [-0.05, 0) is 24.3 Å². The number of anilines is 1. The summed E-state index contributed by atoms with van der Waals surface area (Å²) in [5.74, 6) is -2.42. The fourth-order valence-electron chi connectivity index (χ4n) is 3.46. The van der Waals surface area contributed by atoms with E-state index in [0.717, 1.165) is 11.8 Å². The summed E-state index contributed by atoms with van der Waals surface area (Å²) in [5, 5.41) is 6.31. The Morgan fingerprint density at radius 3 is 2.33 bits per heavy atom. The summed E-state index contributed by atoms with van der Waals surface area (Å²) in [5.41, 5.74) is 1.16. The number of benzene rings is 2.